The van der Waals surface area contributed by atoms with Crippen LogP contribution in [0.3, 0.4) is 0 Å². The first kappa shape index (κ1) is 18.1. The van der Waals surface area contributed by atoms with E-state index in [4.69, 9.17) is 16.3 Å². The fourth-order valence-electron chi connectivity index (χ4n) is 2.98. The highest BCUT2D eigenvalue weighted by atomic mass is 35.5. The van der Waals surface area contributed by atoms with Gasteiger partial charge in [-0.3, -0.25) is 14.6 Å². The number of rotatable bonds is 5. The molecule has 1 atom stereocenters. The maximum atomic E-state index is 12.7. The second-order valence-electron chi connectivity index (χ2n) is 5.78. The summed E-state index contributed by atoms with van der Waals surface area (Å²) < 4.78 is 5.05. The number of pyridine rings is 1. The molecule has 134 valence electrons. The third kappa shape index (κ3) is 3.34. The van der Waals surface area contributed by atoms with E-state index in [-0.39, 0.29) is 24.5 Å². The summed E-state index contributed by atoms with van der Waals surface area (Å²) in [4.78, 5) is 30.6. The number of methoxy groups -OCH3 is 1. The van der Waals surface area contributed by atoms with E-state index in [0.29, 0.717) is 16.1 Å². The number of nitrogens with zero attached hydrogens (tertiary/aromatic N) is 2. The Labute approximate surface area is 155 Å². The molecular weight excluding hydrogens is 356 g/mol. The average Bonchev–Trinajstić information content (AvgIpc) is 2.91. The lowest BCUT2D eigenvalue weighted by molar-refractivity contribution is -0.140. The summed E-state index contributed by atoms with van der Waals surface area (Å²) in [6.07, 6.45) is 3.15. The molecule has 1 aromatic carbocycles. The van der Waals surface area contributed by atoms with Crippen molar-refractivity contribution in [3.05, 3.63) is 70.5 Å². The van der Waals surface area contributed by atoms with Gasteiger partial charge in [-0.15, -0.1) is 0 Å². The number of aliphatic hydroxyl groups excluding tert-OH is 1. The van der Waals surface area contributed by atoms with Crippen molar-refractivity contribution in [3.8, 4) is 0 Å². The van der Waals surface area contributed by atoms with Crippen LogP contribution in [0.4, 0.5) is 0 Å². The molecular formula is C19H17ClN2O4. The zero-order valence-electron chi connectivity index (χ0n) is 14.1. The van der Waals surface area contributed by atoms with Gasteiger partial charge in [-0.25, -0.2) is 0 Å². The Bertz CT molecular complexity index is 867. The number of hydrogen-bond donors (Lipinski definition) is 1. The van der Waals surface area contributed by atoms with Crippen molar-refractivity contribution >= 4 is 29.1 Å². The molecule has 1 saturated heterocycles. The quantitative estimate of drug-likeness (QED) is 0.496. The number of Topliss-reactive ketones (excluding diaryl/α,β-unsaturated/α-hetero) is 1. The monoisotopic (exact) mass is 372 g/mol. The summed E-state index contributed by atoms with van der Waals surface area (Å²) in [7, 11) is 1.52. The molecule has 0 spiro atoms. The fourth-order valence-corrected chi connectivity index (χ4v) is 3.17. The Morgan fingerprint density at radius 1 is 1.27 bits per heavy atom. The van der Waals surface area contributed by atoms with Crippen LogP contribution in [0, 0.1) is 0 Å². The summed E-state index contributed by atoms with van der Waals surface area (Å²) in [6.45, 7) is 0.492. The number of hydrogen-bond acceptors (Lipinski definition) is 5. The third-order valence-corrected chi connectivity index (χ3v) is 4.43. The Morgan fingerprint density at radius 3 is 2.65 bits per heavy atom. The molecule has 1 aliphatic heterocycles. The molecule has 2 aromatic rings. The van der Waals surface area contributed by atoms with Gasteiger partial charge in [0, 0.05) is 36.6 Å². The normalized spacial score (nSPS) is 19.2. The van der Waals surface area contributed by atoms with Crippen molar-refractivity contribution < 1.29 is 19.4 Å². The van der Waals surface area contributed by atoms with Crippen LogP contribution in [0.25, 0.3) is 5.76 Å². The molecule has 7 heteroatoms. The van der Waals surface area contributed by atoms with E-state index < -0.39 is 17.7 Å². The first-order valence-corrected chi connectivity index (χ1v) is 8.35. The predicted octanol–water partition coefficient (Wildman–Crippen LogP) is 2.80. The van der Waals surface area contributed by atoms with Crippen LogP contribution in [-0.2, 0) is 14.3 Å². The number of carbonyl (C=O) groups is 2. The van der Waals surface area contributed by atoms with Crippen LogP contribution in [0.2, 0.25) is 5.02 Å². The molecule has 3 rings (SSSR count). The lowest BCUT2D eigenvalue weighted by atomic mass is 9.96. The first-order chi connectivity index (χ1) is 12.5. The Morgan fingerprint density at radius 2 is 2.00 bits per heavy atom. The summed E-state index contributed by atoms with van der Waals surface area (Å²) in [6, 6.07) is 9.21. The molecule has 0 bridgehead atoms. The van der Waals surface area contributed by atoms with Gasteiger partial charge in [-0.05, 0) is 29.8 Å². The van der Waals surface area contributed by atoms with Crippen molar-refractivity contribution in [1.29, 1.82) is 0 Å². The summed E-state index contributed by atoms with van der Waals surface area (Å²) in [5.74, 6) is -1.67. The van der Waals surface area contributed by atoms with E-state index >= 15 is 0 Å². The Balaban J connectivity index is 2.16. The van der Waals surface area contributed by atoms with Crippen molar-refractivity contribution in [2.45, 2.75) is 6.04 Å². The second-order valence-corrected chi connectivity index (χ2v) is 6.21. The second kappa shape index (κ2) is 7.68. The lowest BCUT2D eigenvalue weighted by Gasteiger charge is -2.24. The van der Waals surface area contributed by atoms with Crippen molar-refractivity contribution in [1.82, 2.24) is 9.88 Å². The van der Waals surface area contributed by atoms with Crippen LogP contribution >= 0.6 is 11.6 Å². The Kier molecular flexibility index (Phi) is 5.35. The van der Waals surface area contributed by atoms with Gasteiger partial charge in [-0.2, -0.15) is 0 Å². The smallest absolute Gasteiger partial charge is 0.295 e. The highest BCUT2D eigenvalue weighted by Gasteiger charge is 2.45. The number of aromatic nitrogens is 1. The zero-order valence-corrected chi connectivity index (χ0v) is 14.8. The van der Waals surface area contributed by atoms with E-state index in [1.165, 1.54) is 12.0 Å². The van der Waals surface area contributed by atoms with Gasteiger partial charge in [0.05, 0.1) is 18.2 Å². The number of ketones is 1. The molecule has 1 unspecified atom stereocenters. The van der Waals surface area contributed by atoms with Crippen LogP contribution in [0.1, 0.15) is 17.2 Å². The highest BCUT2D eigenvalue weighted by molar-refractivity contribution is 6.46. The number of likely N-dealkylation sites (tertiary alicyclic amines) is 1. The summed E-state index contributed by atoms with van der Waals surface area (Å²) >= 11 is 5.99. The maximum Gasteiger partial charge on any atom is 0.295 e. The van der Waals surface area contributed by atoms with Gasteiger partial charge < -0.3 is 14.7 Å². The SMILES string of the molecule is COCCN1C(=O)C(=O)/C(=C(\O)c2cccc(Cl)c2)C1c1ccncc1. The number of aliphatic hydroxyl groups is 1. The lowest BCUT2D eigenvalue weighted by Crippen LogP contribution is -2.32. The van der Waals surface area contributed by atoms with Gasteiger partial charge in [-0.1, -0.05) is 23.7 Å². The summed E-state index contributed by atoms with van der Waals surface area (Å²) in [5, 5.41) is 11.2. The average molecular weight is 373 g/mol. The minimum absolute atomic E-state index is 0.0274. The third-order valence-electron chi connectivity index (χ3n) is 4.20. The van der Waals surface area contributed by atoms with Crippen molar-refractivity contribution in [2.75, 3.05) is 20.3 Å². The van der Waals surface area contributed by atoms with Crippen LogP contribution in [0.5, 0.6) is 0 Å². The molecule has 6 nitrogen and oxygen atoms in total. The number of halogens is 1. The zero-order chi connectivity index (χ0) is 18.7. The molecule has 2 heterocycles. The standard InChI is InChI=1S/C19H17ClN2O4/c1-26-10-9-22-16(12-5-7-21-8-6-12)15(18(24)19(22)25)17(23)13-3-2-4-14(20)11-13/h2-8,11,16,23H,9-10H2,1H3/b17-15-. The van der Waals surface area contributed by atoms with E-state index in [0.717, 1.165) is 0 Å². The number of amides is 1. The van der Waals surface area contributed by atoms with Gasteiger partial charge >= 0.3 is 0 Å². The van der Waals surface area contributed by atoms with Crippen LogP contribution < -0.4 is 0 Å². The minimum atomic E-state index is -0.736. The molecule has 1 N–H and O–H groups in total. The van der Waals surface area contributed by atoms with Crippen molar-refractivity contribution in [2.24, 2.45) is 0 Å². The van der Waals surface area contributed by atoms with Gasteiger partial charge in [0.1, 0.15) is 5.76 Å². The minimum Gasteiger partial charge on any atom is -0.507 e. The van der Waals surface area contributed by atoms with Crippen molar-refractivity contribution in [3.63, 3.8) is 0 Å². The maximum absolute atomic E-state index is 12.7. The van der Waals surface area contributed by atoms with Gasteiger partial charge in [0.15, 0.2) is 0 Å². The molecule has 26 heavy (non-hydrogen) atoms. The molecule has 0 saturated carbocycles. The van der Waals surface area contributed by atoms with E-state index in [1.54, 1.807) is 48.8 Å². The highest BCUT2D eigenvalue weighted by Crippen LogP contribution is 2.39. The number of carbonyl (C=O) groups excluding carboxylic acids is 2. The molecule has 0 aliphatic carbocycles. The van der Waals surface area contributed by atoms with E-state index in [9.17, 15) is 14.7 Å². The molecule has 1 fully saturated rings. The molecule has 1 aliphatic rings. The predicted molar refractivity (Wildman–Crippen MR) is 96.6 cm³/mol. The molecule has 0 radical (unpaired) electrons. The molecule has 1 aromatic heterocycles. The van der Waals surface area contributed by atoms with Crippen LogP contribution in [0.15, 0.2) is 54.4 Å². The van der Waals surface area contributed by atoms with Gasteiger partial charge in [0.2, 0.25) is 0 Å². The van der Waals surface area contributed by atoms with Gasteiger partial charge in [0.25, 0.3) is 11.7 Å². The topological polar surface area (TPSA) is 79.7 Å². The summed E-state index contributed by atoms with van der Waals surface area (Å²) in [5.41, 5.74) is 1.08. The fraction of sp³-hybridized carbons (Fsp3) is 0.211. The van der Waals surface area contributed by atoms with E-state index in [1.807, 2.05) is 0 Å². The Hall–Kier alpha value is -2.70. The van der Waals surface area contributed by atoms with Crippen LogP contribution in [-0.4, -0.2) is 46.9 Å². The number of benzene rings is 1. The van der Waals surface area contributed by atoms with E-state index in [2.05, 4.69) is 4.98 Å². The largest absolute Gasteiger partial charge is 0.507 e. The first-order valence-electron chi connectivity index (χ1n) is 7.97. The molecule has 1 amide bonds. The number of ether oxygens (including phenoxy) is 1.